The van der Waals surface area contributed by atoms with Crippen LogP contribution in [0, 0.1) is 5.92 Å². The second-order valence-corrected chi connectivity index (χ2v) is 5.29. The SMILES string of the molecule is CCNC(=O)c1ccc(NC2CCCC2CO)c(N)c1. The van der Waals surface area contributed by atoms with Crippen LogP contribution >= 0.6 is 0 Å². The quantitative estimate of drug-likeness (QED) is 0.616. The van der Waals surface area contributed by atoms with Crippen LogP contribution in [0.4, 0.5) is 11.4 Å². The molecular weight excluding hydrogens is 254 g/mol. The zero-order valence-electron chi connectivity index (χ0n) is 11.9. The first-order chi connectivity index (χ1) is 9.65. The third-order valence-electron chi connectivity index (χ3n) is 3.89. The van der Waals surface area contributed by atoms with E-state index in [-0.39, 0.29) is 24.5 Å². The van der Waals surface area contributed by atoms with Gasteiger partial charge in [0.2, 0.25) is 0 Å². The van der Waals surface area contributed by atoms with Crippen LogP contribution in [-0.2, 0) is 0 Å². The molecule has 0 bridgehead atoms. The van der Waals surface area contributed by atoms with Crippen LogP contribution < -0.4 is 16.4 Å². The van der Waals surface area contributed by atoms with Crippen LogP contribution in [0.5, 0.6) is 0 Å². The van der Waals surface area contributed by atoms with E-state index >= 15 is 0 Å². The highest BCUT2D eigenvalue weighted by atomic mass is 16.3. The molecule has 20 heavy (non-hydrogen) atoms. The second-order valence-electron chi connectivity index (χ2n) is 5.29. The Balaban J connectivity index is 2.08. The van der Waals surface area contributed by atoms with Gasteiger partial charge in [0.25, 0.3) is 5.91 Å². The van der Waals surface area contributed by atoms with Gasteiger partial charge in [-0.05, 0) is 38.0 Å². The molecule has 1 saturated carbocycles. The summed E-state index contributed by atoms with van der Waals surface area (Å²) >= 11 is 0. The number of carbonyl (C=O) groups is 1. The van der Waals surface area contributed by atoms with Crippen LogP contribution in [0.1, 0.15) is 36.5 Å². The average molecular weight is 277 g/mol. The molecule has 5 nitrogen and oxygen atoms in total. The maximum Gasteiger partial charge on any atom is 0.251 e. The monoisotopic (exact) mass is 277 g/mol. The predicted molar refractivity (Wildman–Crippen MR) is 80.7 cm³/mol. The van der Waals surface area contributed by atoms with E-state index in [0.29, 0.717) is 17.8 Å². The Morgan fingerprint density at radius 1 is 1.45 bits per heavy atom. The molecule has 0 heterocycles. The van der Waals surface area contributed by atoms with E-state index in [9.17, 15) is 9.90 Å². The summed E-state index contributed by atoms with van der Waals surface area (Å²) in [5.41, 5.74) is 7.99. The first-order valence-electron chi connectivity index (χ1n) is 7.20. The Morgan fingerprint density at radius 3 is 2.90 bits per heavy atom. The summed E-state index contributed by atoms with van der Waals surface area (Å²) in [6, 6.07) is 5.56. The molecule has 0 spiro atoms. The van der Waals surface area contributed by atoms with E-state index < -0.39 is 0 Å². The molecule has 1 amide bonds. The highest BCUT2D eigenvalue weighted by Crippen LogP contribution is 2.30. The molecule has 1 aromatic carbocycles. The van der Waals surface area contributed by atoms with Gasteiger partial charge in [-0.15, -0.1) is 0 Å². The molecule has 2 rings (SSSR count). The number of hydrogen-bond donors (Lipinski definition) is 4. The van der Waals surface area contributed by atoms with Gasteiger partial charge < -0.3 is 21.5 Å². The van der Waals surface area contributed by atoms with Crippen molar-refractivity contribution >= 4 is 17.3 Å². The Bertz CT molecular complexity index is 476. The molecule has 1 aliphatic carbocycles. The minimum atomic E-state index is -0.111. The van der Waals surface area contributed by atoms with Gasteiger partial charge in [0, 0.05) is 30.7 Å². The number of nitrogens with one attached hydrogen (secondary N) is 2. The van der Waals surface area contributed by atoms with Crippen molar-refractivity contribution in [3.63, 3.8) is 0 Å². The topological polar surface area (TPSA) is 87.4 Å². The number of nitrogen functional groups attached to an aromatic ring is 1. The molecule has 5 N–H and O–H groups in total. The number of nitrogens with two attached hydrogens (primary N) is 1. The van der Waals surface area contributed by atoms with Crippen LogP contribution in [0.25, 0.3) is 0 Å². The van der Waals surface area contributed by atoms with Crippen LogP contribution in [0.2, 0.25) is 0 Å². The molecule has 2 atom stereocenters. The first-order valence-corrected chi connectivity index (χ1v) is 7.20. The fraction of sp³-hybridized carbons (Fsp3) is 0.533. The zero-order chi connectivity index (χ0) is 14.5. The Labute approximate surface area is 119 Å². The second kappa shape index (κ2) is 6.61. The first kappa shape index (κ1) is 14.7. The number of aliphatic hydroxyl groups excluding tert-OH is 1. The Morgan fingerprint density at radius 2 is 2.25 bits per heavy atom. The summed E-state index contributed by atoms with van der Waals surface area (Å²) in [6.45, 7) is 2.68. The molecule has 2 unspecified atom stereocenters. The number of benzene rings is 1. The molecule has 0 saturated heterocycles. The molecule has 1 aromatic rings. The molecular formula is C15H23N3O2. The van der Waals surface area contributed by atoms with Crippen molar-refractivity contribution in [1.29, 1.82) is 0 Å². The van der Waals surface area contributed by atoms with E-state index in [2.05, 4.69) is 10.6 Å². The third kappa shape index (κ3) is 3.22. The molecule has 110 valence electrons. The number of anilines is 2. The molecule has 1 aliphatic rings. The summed E-state index contributed by atoms with van der Waals surface area (Å²) in [6.07, 6.45) is 3.22. The van der Waals surface area contributed by atoms with Gasteiger partial charge in [-0.1, -0.05) is 6.42 Å². The van der Waals surface area contributed by atoms with E-state index in [0.717, 1.165) is 24.9 Å². The van der Waals surface area contributed by atoms with Gasteiger partial charge in [-0.25, -0.2) is 0 Å². The van der Waals surface area contributed by atoms with Crippen molar-refractivity contribution in [1.82, 2.24) is 5.32 Å². The smallest absolute Gasteiger partial charge is 0.251 e. The van der Waals surface area contributed by atoms with Gasteiger partial charge in [-0.2, -0.15) is 0 Å². The van der Waals surface area contributed by atoms with Crippen molar-refractivity contribution < 1.29 is 9.90 Å². The Kier molecular flexibility index (Phi) is 4.84. The molecule has 0 aliphatic heterocycles. The standard InChI is InChI=1S/C15H23N3O2/c1-2-17-15(20)10-6-7-14(12(16)8-10)18-13-5-3-4-11(13)9-19/h6-8,11,13,18-19H,2-5,9,16H2,1H3,(H,17,20). The van der Waals surface area contributed by atoms with Gasteiger partial charge >= 0.3 is 0 Å². The lowest BCUT2D eigenvalue weighted by Gasteiger charge is -2.21. The van der Waals surface area contributed by atoms with Crippen LogP contribution in [0.3, 0.4) is 0 Å². The number of rotatable bonds is 5. The highest BCUT2D eigenvalue weighted by Gasteiger charge is 2.26. The summed E-state index contributed by atoms with van der Waals surface area (Å²) in [4.78, 5) is 11.7. The van der Waals surface area contributed by atoms with Gasteiger partial charge in [-0.3, -0.25) is 4.79 Å². The van der Waals surface area contributed by atoms with Crippen molar-refractivity contribution in [2.24, 2.45) is 5.92 Å². The zero-order valence-corrected chi connectivity index (χ0v) is 11.9. The lowest BCUT2D eigenvalue weighted by Crippen LogP contribution is -2.27. The number of aliphatic hydroxyl groups is 1. The lowest BCUT2D eigenvalue weighted by molar-refractivity contribution is 0.0956. The molecule has 1 fully saturated rings. The van der Waals surface area contributed by atoms with E-state index in [1.165, 1.54) is 0 Å². The van der Waals surface area contributed by atoms with Crippen LogP contribution in [-0.4, -0.2) is 30.2 Å². The van der Waals surface area contributed by atoms with Crippen LogP contribution in [0.15, 0.2) is 18.2 Å². The van der Waals surface area contributed by atoms with E-state index in [1.807, 2.05) is 13.0 Å². The molecule has 0 aromatic heterocycles. The number of hydrogen-bond acceptors (Lipinski definition) is 4. The third-order valence-corrected chi connectivity index (χ3v) is 3.89. The van der Waals surface area contributed by atoms with E-state index in [1.54, 1.807) is 12.1 Å². The lowest BCUT2D eigenvalue weighted by atomic mass is 10.0. The predicted octanol–water partition coefficient (Wildman–Crippen LogP) is 1.59. The maximum absolute atomic E-state index is 11.7. The highest BCUT2D eigenvalue weighted by molar-refractivity contribution is 5.96. The van der Waals surface area contributed by atoms with Gasteiger partial charge in [0.1, 0.15) is 0 Å². The average Bonchev–Trinajstić information content (AvgIpc) is 2.88. The van der Waals surface area contributed by atoms with E-state index in [4.69, 9.17) is 5.73 Å². The number of amides is 1. The summed E-state index contributed by atoms with van der Waals surface area (Å²) in [5.74, 6) is 0.178. The minimum Gasteiger partial charge on any atom is -0.397 e. The largest absolute Gasteiger partial charge is 0.397 e. The van der Waals surface area contributed by atoms with Crippen molar-refractivity contribution in [2.45, 2.75) is 32.2 Å². The number of carbonyl (C=O) groups excluding carboxylic acids is 1. The fourth-order valence-corrected chi connectivity index (χ4v) is 2.74. The van der Waals surface area contributed by atoms with Crippen molar-refractivity contribution in [2.75, 3.05) is 24.2 Å². The maximum atomic E-state index is 11.7. The van der Waals surface area contributed by atoms with Gasteiger partial charge in [0.15, 0.2) is 0 Å². The normalized spacial score (nSPS) is 21.7. The summed E-state index contributed by atoms with van der Waals surface area (Å²) < 4.78 is 0. The summed E-state index contributed by atoms with van der Waals surface area (Å²) in [7, 11) is 0. The minimum absolute atomic E-state index is 0.111. The fourth-order valence-electron chi connectivity index (χ4n) is 2.74. The molecule has 0 radical (unpaired) electrons. The summed E-state index contributed by atoms with van der Waals surface area (Å²) in [5, 5.41) is 15.5. The van der Waals surface area contributed by atoms with Gasteiger partial charge in [0.05, 0.1) is 11.4 Å². The van der Waals surface area contributed by atoms with Crippen molar-refractivity contribution in [3.8, 4) is 0 Å². The van der Waals surface area contributed by atoms with Crippen molar-refractivity contribution in [3.05, 3.63) is 23.8 Å². The Hall–Kier alpha value is -1.75. The molecule has 5 heteroatoms.